The Balaban J connectivity index is 6.83. The zero-order chi connectivity index (χ0) is 31.4. The summed E-state index contributed by atoms with van der Waals surface area (Å²) in [7, 11) is 0.699. The molecule has 0 atom stereocenters. The second kappa shape index (κ2) is 9.82. The molecule has 0 aliphatic heterocycles. The molecule has 38 heavy (non-hydrogen) atoms. The van der Waals surface area contributed by atoms with Crippen molar-refractivity contribution >= 4 is 0 Å². The van der Waals surface area contributed by atoms with Crippen LogP contribution in [0.3, 0.4) is 0 Å². The van der Waals surface area contributed by atoms with Crippen LogP contribution in [0.1, 0.15) is 6.42 Å². The maximum Gasteiger partial charge on any atom is 0.460 e. The quantitative estimate of drug-likeness (QED) is 0.235. The molecule has 0 saturated heterocycles. The van der Waals surface area contributed by atoms with E-state index in [0.29, 0.717) is 11.9 Å². The molecule has 0 spiro atoms. The minimum atomic E-state index is -9.17. The van der Waals surface area contributed by atoms with Gasteiger partial charge in [-0.1, -0.05) is 0 Å². The first-order valence-corrected chi connectivity index (χ1v) is 8.97. The summed E-state index contributed by atoms with van der Waals surface area (Å²) in [6.45, 7) is -3.15. The lowest BCUT2D eigenvalue weighted by Crippen LogP contribution is -2.76. The summed E-state index contributed by atoms with van der Waals surface area (Å²) in [5.41, 5.74) is 0. The maximum atomic E-state index is 13.7. The molecule has 2 nitrogen and oxygen atoms in total. The molecule has 0 aliphatic rings. The van der Waals surface area contributed by atoms with E-state index in [1.165, 1.54) is 0 Å². The highest BCUT2D eigenvalue weighted by Gasteiger charge is 2.97. The third-order valence-electron chi connectivity index (χ3n) is 4.86. The highest BCUT2D eigenvalue weighted by molar-refractivity contribution is 5.17. The van der Waals surface area contributed by atoms with E-state index in [-0.39, 0.29) is 0 Å². The van der Waals surface area contributed by atoms with Crippen molar-refractivity contribution in [2.45, 2.75) is 65.9 Å². The Labute approximate surface area is 196 Å². The Hall–Kier alpha value is -1.55. The SMILES string of the molecule is CN(CCO)CCC(F)(F)C(F)(F)C(F)(F)C(F)(F)C(F)(F)C(F)(F)C(F)(F)C(F)(F)C(F)(F)C(F)(F)F. The van der Waals surface area contributed by atoms with Gasteiger partial charge in [0.2, 0.25) is 0 Å². The van der Waals surface area contributed by atoms with E-state index in [9.17, 15) is 92.2 Å². The molecule has 0 aromatic heterocycles. The minimum absolute atomic E-state index is 0.409. The predicted molar refractivity (Wildman–Crippen MR) is 79.8 cm³/mol. The number of rotatable bonds is 13. The fourth-order valence-electron chi connectivity index (χ4n) is 2.36. The maximum absolute atomic E-state index is 13.7. The van der Waals surface area contributed by atoms with Gasteiger partial charge in [-0.05, 0) is 7.05 Å². The largest absolute Gasteiger partial charge is 0.460 e. The van der Waals surface area contributed by atoms with E-state index in [0.717, 1.165) is 0 Å². The molecule has 0 radical (unpaired) electrons. The van der Waals surface area contributed by atoms with Gasteiger partial charge in [-0.15, -0.1) is 0 Å². The summed E-state index contributed by atoms with van der Waals surface area (Å²) in [5.74, 6) is -76.8. The van der Waals surface area contributed by atoms with Crippen LogP contribution < -0.4 is 0 Å². The molecule has 0 bridgehead atoms. The monoisotopic (exact) mass is 621 g/mol. The molecule has 0 saturated carbocycles. The second-order valence-corrected chi connectivity index (χ2v) is 7.57. The van der Waals surface area contributed by atoms with E-state index >= 15 is 0 Å². The van der Waals surface area contributed by atoms with Crippen molar-refractivity contribution in [2.24, 2.45) is 0 Å². The Morgan fingerprint density at radius 1 is 0.421 bits per heavy atom. The third kappa shape index (κ3) is 4.93. The standard InChI is InChI=1S/C15H12F21NO/c1-37(4-5-38)3-2-6(16,17)7(18,19)8(20,21)9(22,23)10(24,25)11(26,27)12(28,29)13(30,31)14(32,33)15(34,35)36/h38H,2-5H2,1H3. The van der Waals surface area contributed by atoms with Gasteiger partial charge in [0, 0.05) is 19.5 Å². The summed E-state index contributed by atoms with van der Waals surface area (Å²) >= 11 is 0. The molecule has 0 aromatic carbocycles. The van der Waals surface area contributed by atoms with Crippen LogP contribution in [0.5, 0.6) is 0 Å². The van der Waals surface area contributed by atoms with Crippen LogP contribution in [-0.2, 0) is 0 Å². The summed E-state index contributed by atoms with van der Waals surface area (Å²) in [6, 6.07) is 0. The van der Waals surface area contributed by atoms with Crippen molar-refractivity contribution in [1.29, 1.82) is 0 Å². The van der Waals surface area contributed by atoms with Gasteiger partial charge < -0.3 is 10.0 Å². The number of hydrogen-bond donors (Lipinski definition) is 1. The number of likely N-dealkylation sites (N-methyl/N-ethyl adjacent to an activating group) is 1. The fourth-order valence-corrected chi connectivity index (χ4v) is 2.36. The minimum Gasteiger partial charge on any atom is -0.395 e. The first kappa shape index (κ1) is 36.4. The average molecular weight is 621 g/mol. The van der Waals surface area contributed by atoms with Crippen molar-refractivity contribution in [3.63, 3.8) is 0 Å². The Morgan fingerprint density at radius 2 is 0.684 bits per heavy atom. The van der Waals surface area contributed by atoms with Crippen LogP contribution >= 0.6 is 0 Å². The smallest absolute Gasteiger partial charge is 0.395 e. The van der Waals surface area contributed by atoms with Crippen molar-refractivity contribution < 1.29 is 97.3 Å². The van der Waals surface area contributed by atoms with Crippen LogP contribution in [0, 0.1) is 0 Å². The lowest BCUT2D eigenvalue weighted by Gasteiger charge is -2.44. The molecular formula is C15H12F21NO. The zero-order valence-corrected chi connectivity index (χ0v) is 17.7. The summed E-state index contributed by atoms with van der Waals surface area (Å²) in [6.07, 6.45) is -10.7. The summed E-state index contributed by atoms with van der Waals surface area (Å²) in [5, 5.41) is 8.47. The van der Waals surface area contributed by atoms with Crippen LogP contribution in [0.2, 0.25) is 0 Å². The van der Waals surface area contributed by atoms with Crippen LogP contribution in [0.4, 0.5) is 92.2 Å². The molecule has 0 aliphatic carbocycles. The highest BCUT2D eigenvalue weighted by atomic mass is 19.4. The van der Waals surface area contributed by atoms with Gasteiger partial charge in [0.15, 0.2) is 0 Å². The van der Waals surface area contributed by atoms with Gasteiger partial charge in [0.1, 0.15) is 0 Å². The zero-order valence-electron chi connectivity index (χ0n) is 17.7. The van der Waals surface area contributed by atoms with Gasteiger partial charge >= 0.3 is 59.5 Å². The predicted octanol–water partition coefficient (Wildman–Crippen LogP) is 6.58. The van der Waals surface area contributed by atoms with Crippen LogP contribution in [-0.4, -0.2) is 96.2 Å². The summed E-state index contributed by atoms with van der Waals surface area (Å²) in [4.78, 5) is 0.409. The molecule has 0 rings (SSSR count). The van der Waals surface area contributed by atoms with Crippen LogP contribution in [0.25, 0.3) is 0 Å². The van der Waals surface area contributed by atoms with Gasteiger partial charge in [0.05, 0.1) is 6.61 Å². The third-order valence-corrected chi connectivity index (χ3v) is 4.86. The Morgan fingerprint density at radius 3 is 0.947 bits per heavy atom. The molecule has 23 heteroatoms. The van der Waals surface area contributed by atoms with Gasteiger partial charge in [-0.3, -0.25) is 0 Å². The number of aliphatic hydroxyl groups excluding tert-OH is 1. The van der Waals surface area contributed by atoms with Crippen molar-refractivity contribution in [2.75, 3.05) is 26.7 Å². The molecule has 0 unspecified atom stereocenters. The second-order valence-electron chi connectivity index (χ2n) is 7.57. The number of halogens is 21. The van der Waals surface area contributed by atoms with Gasteiger partial charge in [-0.25, -0.2) is 0 Å². The van der Waals surface area contributed by atoms with Crippen molar-refractivity contribution in [3.05, 3.63) is 0 Å². The van der Waals surface area contributed by atoms with E-state index in [1.807, 2.05) is 0 Å². The fraction of sp³-hybridized carbons (Fsp3) is 1.00. The Kier molecular flexibility index (Phi) is 9.42. The lowest BCUT2D eigenvalue weighted by atomic mass is 9.86. The highest BCUT2D eigenvalue weighted by Crippen LogP contribution is 2.66. The van der Waals surface area contributed by atoms with Crippen molar-refractivity contribution in [3.8, 4) is 0 Å². The van der Waals surface area contributed by atoms with Crippen molar-refractivity contribution in [1.82, 2.24) is 4.90 Å². The molecule has 230 valence electrons. The topological polar surface area (TPSA) is 23.5 Å². The number of hydrogen-bond acceptors (Lipinski definition) is 2. The first-order chi connectivity index (χ1) is 16.2. The Bertz CT molecular complexity index is 816. The average Bonchev–Trinajstić information content (AvgIpc) is 2.70. The van der Waals surface area contributed by atoms with E-state index < -0.39 is 85.6 Å². The number of nitrogens with zero attached hydrogens (tertiary/aromatic N) is 1. The van der Waals surface area contributed by atoms with Crippen LogP contribution in [0.15, 0.2) is 0 Å². The lowest BCUT2D eigenvalue weighted by molar-refractivity contribution is -0.474. The van der Waals surface area contributed by atoms with Gasteiger partial charge in [0.25, 0.3) is 0 Å². The first-order valence-electron chi connectivity index (χ1n) is 8.97. The molecule has 0 heterocycles. The van der Waals surface area contributed by atoms with E-state index in [2.05, 4.69) is 0 Å². The molecule has 0 amide bonds. The number of aliphatic hydroxyl groups is 1. The molecular weight excluding hydrogens is 609 g/mol. The molecule has 0 fully saturated rings. The normalized spacial score (nSPS) is 16.4. The number of alkyl halides is 21. The molecule has 1 N–H and O–H groups in total. The van der Waals surface area contributed by atoms with Gasteiger partial charge in [-0.2, -0.15) is 92.2 Å². The van der Waals surface area contributed by atoms with E-state index in [4.69, 9.17) is 5.11 Å². The van der Waals surface area contributed by atoms with E-state index in [1.54, 1.807) is 0 Å². The summed E-state index contributed by atoms with van der Waals surface area (Å²) < 4.78 is 278. The molecule has 0 aromatic rings.